The number of hydrogen-bond donors (Lipinski definition) is 1. The van der Waals surface area contributed by atoms with Crippen molar-refractivity contribution in [1.29, 1.82) is 0 Å². The van der Waals surface area contributed by atoms with E-state index < -0.39 is 0 Å². The van der Waals surface area contributed by atoms with Gasteiger partial charge in [-0.2, -0.15) is 0 Å². The molecule has 0 saturated heterocycles. The normalized spacial score (nSPS) is 12.1. The van der Waals surface area contributed by atoms with Crippen LogP contribution < -0.4 is 5.32 Å². The van der Waals surface area contributed by atoms with Crippen LogP contribution in [0.4, 0.5) is 0 Å². The number of carbonyl (C=O) groups is 1. The molecule has 0 bridgehead atoms. The van der Waals surface area contributed by atoms with E-state index in [2.05, 4.69) is 17.4 Å². The van der Waals surface area contributed by atoms with Crippen molar-refractivity contribution >= 4 is 17.2 Å². The predicted octanol–water partition coefficient (Wildman–Crippen LogP) is 2.79. The molecule has 0 saturated carbocycles. The second kappa shape index (κ2) is 7.07. The maximum atomic E-state index is 11.7. The zero-order chi connectivity index (χ0) is 13.5. The fourth-order valence-electron chi connectivity index (χ4n) is 1.93. The zero-order valence-electron chi connectivity index (χ0n) is 10.8. The topological polar surface area (TPSA) is 38.3 Å². The molecule has 0 aliphatic rings. The largest absolute Gasteiger partial charge is 0.375 e. The van der Waals surface area contributed by atoms with Gasteiger partial charge in [-0.15, -0.1) is 11.3 Å². The second-order valence-electron chi connectivity index (χ2n) is 4.26. The molecule has 1 atom stereocenters. The Morgan fingerprint density at radius 2 is 2.05 bits per heavy atom. The first-order valence-electron chi connectivity index (χ1n) is 6.15. The summed E-state index contributed by atoms with van der Waals surface area (Å²) < 4.78 is 4.86. The number of methoxy groups -OCH3 is 1. The highest BCUT2D eigenvalue weighted by Gasteiger charge is 2.15. The van der Waals surface area contributed by atoms with Crippen molar-refractivity contribution in [3.8, 4) is 0 Å². The minimum absolute atomic E-state index is 0.00468. The Hall–Kier alpha value is -1.65. The summed E-state index contributed by atoms with van der Waals surface area (Å²) in [5, 5.41) is 5.04. The quantitative estimate of drug-likeness (QED) is 0.880. The number of amides is 1. The van der Waals surface area contributed by atoms with Crippen molar-refractivity contribution in [2.75, 3.05) is 13.7 Å². The Balaban J connectivity index is 2.09. The van der Waals surface area contributed by atoms with E-state index >= 15 is 0 Å². The van der Waals surface area contributed by atoms with Crippen LogP contribution in [0.3, 0.4) is 0 Å². The second-order valence-corrected chi connectivity index (χ2v) is 5.24. The molecule has 0 aliphatic heterocycles. The van der Waals surface area contributed by atoms with E-state index in [1.54, 1.807) is 11.3 Å². The van der Waals surface area contributed by atoms with Crippen LogP contribution in [0.2, 0.25) is 0 Å². The lowest BCUT2D eigenvalue weighted by molar-refractivity contribution is -0.125. The molecule has 1 aromatic heterocycles. The molecular formula is C15H17NO2S. The Kier molecular flexibility index (Phi) is 5.12. The number of rotatable bonds is 6. The zero-order valence-corrected chi connectivity index (χ0v) is 11.7. The average Bonchev–Trinajstić information content (AvgIpc) is 2.93. The predicted molar refractivity (Wildman–Crippen MR) is 77.2 cm³/mol. The van der Waals surface area contributed by atoms with E-state index in [1.807, 2.05) is 35.7 Å². The maximum absolute atomic E-state index is 11.7. The summed E-state index contributed by atoms with van der Waals surface area (Å²) in [7, 11) is 1.52. The van der Waals surface area contributed by atoms with Gasteiger partial charge in [-0.3, -0.25) is 4.79 Å². The number of nitrogens with one attached hydrogen (secondary N) is 1. The van der Waals surface area contributed by atoms with Gasteiger partial charge in [0.05, 0.1) is 6.04 Å². The van der Waals surface area contributed by atoms with Crippen LogP contribution in [0.25, 0.3) is 0 Å². The van der Waals surface area contributed by atoms with Crippen LogP contribution in [-0.4, -0.2) is 19.6 Å². The SMILES string of the molecule is COCC(=O)N[C@H](Cc1ccccc1)c1cccs1. The van der Waals surface area contributed by atoms with Crippen LogP contribution in [0.5, 0.6) is 0 Å². The lowest BCUT2D eigenvalue weighted by Gasteiger charge is -2.17. The summed E-state index contributed by atoms with van der Waals surface area (Å²) in [4.78, 5) is 12.9. The first kappa shape index (κ1) is 13.8. The van der Waals surface area contributed by atoms with Crippen LogP contribution in [0.1, 0.15) is 16.5 Å². The molecule has 100 valence electrons. The fraction of sp³-hybridized carbons (Fsp3) is 0.267. The van der Waals surface area contributed by atoms with Gasteiger partial charge in [-0.05, 0) is 23.4 Å². The molecule has 0 unspecified atom stereocenters. The highest BCUT2D eigenvalue weighted by Crippen LogP contribution is 2.22. The van der Waals surface area contributed by atoms with Gasteiger partial charge in [0, 0.05) is 12.0 Å². The smallest absolute Gasteiger partial charge is 0.246 e. The molecule has 4 heteroatoms. The van der Waals surface area contributed by atoms with Crippen LogP contribution in [0.15, 0.2) is 47.8 Å². The van der Waals surface area contributed by atoms with Crippen LogP contribution >= 0.6 is 11.3 Å². The third-order valence-corrected chi connectivity index (χ3v) is 3.77. The molecule has 1 amide bonds. The number of ether oxygens (including phenoxy) is 1. The Morgan fingerprint density at radius 3 is 2.68 bits per heavy atom. The highest BCUT2D eigenvalue weighted by atomic mass is 32.1. The molecule has 0 aliphatic carbocycles. The fourth-order valence-corrected chi connectivity index (χ4v) is 2.71. The molecule has 2 aromatic rings. The summed E-state index contributed by atoms with van der Waals surface area (Å²) in [6.07, 6.45) is 0.788. The molecule has 1 N–H and O–H groups in total. The van der Waals surface area contributed by atoms with Gasteiger partial charge < -0.3 is 10.1 Å². The van der Waals surface area contributed by atoms with Gasteiger partial charge >= 0.3 is 0 Å². The molecular weight excluding hydrogens is 258 g/mol. The summed E-state index contributed by atoms with van der Waals surface area (Å²) in [5.74, 6) is -0.0863. The molecule has 3 nitrogen and oxygen atoms in total. The molecule has 2 rings (SSSR count). The first-order chi connectivity index (χ1) is 9.29. The van der Waals surface area contributed by atoms with Crippen molar-refractivity contribution in [3.05, 3.63) is 58.3 Å². The maximum Gasteiger partial charge on any atom is 0.246 e. The van der Waals surface area contributed by atoms with Gasteiger partial charge in [-0.1, -0.05) is 36.4 Å². The number of benzene rings is 1. The summed E-state index contributed by atoms with van der Waals surface area (Å²) >= 11 is 1.65. The van der Waals surface area contributed by atoms with Gasteiger partial charge in [0.1, 0.15) is 6.61 Å². The number of carbonyl (C=O) groups excluding carboxylic acids is 1. The van der Waals surface area contributed by atoms with E-state index in [0.717, 1.165) is 11.3 Å². The van der Waals surface area contributed by atoms with Crippen LogP contribution in [-0.2, 0) is 16.0 Å². The van der Waals surface area contributed by atoms with Crippen molar-refractivity contribution < 1.29 is 9.53 Å². The number of hydrogen-bond acceptors (Lipinski definition) is 3. The van der Waals surface area contributed by atoms with Crippen molar-refractivity contribution in [2.24, 2.45) is 0 Å². The minimum atomic E-state index is -0.0863. The van der Waals surface area contributed by atoms with Gasteiger partial charge in [0.25, 0.3) is 0 Å². The first-order valence-corrected chi connectivity index (χ1v) is 7.03. The van der Waals surface area contributed by atoms with Gasteiger partial charge in [-0.25, -0.2) is 0 Å². The number of thiophene rings is 1. The Bertz CT molecular complexity index is 496. The van der Waals surface area contributed by atoms with E-state index in [9.17, 15) is 4.79 Å². The molecule has 0 fully saturated rings. The third kappa shape index (κ3) is 4.19. The van der Waals surface area contributed by atoms with Gasteiger partial charge in [0.2, 0.25) is 5.91 Å². The Morgan fingerprint density at radius 1 is 1.26 bits per heavy atom. The highest BCUT2D eigenvalue weighted by molar-refractivity contribution is 7.10. The monoisotopic (exact) mass is 275 g/mol. The van der Waals surface area contributed by atoms with E-state index in [-0.39, 0.29) is 18.6 Å². The van der Waals surface area contributed by atoms with E-state index in [0.29, 0.717) is 0 Å². The summed E-state index contributed by atoms with van der Waals surface area (Å²) in [6, 6.07) is 14.2. The van der Waals surface area contributed by atoms with Crippen molar-refractivity contribution in [3.63, 3.8) is 0 Å². The third-order valence-electron chi connectivity index (χ3n) is 2.78. The minimum Gasteiger partial charge on any atom is -0.375 e. The molecule has 19 heavy (non-hydrogen) atoms. The lowest BCUT2D eigenvalue weighted by Crippen LogP contribution is -2.32. The molecule has 1 aromatic carbocycles. The summed E-state index contributed by atoms with van der Waals surface area (Å²) in [5.41, 5.74) is 1.21. The van der Waals surface area contributed by atoms with E-state index in [4.69, 9.17) is 4.74 Å². The summed E-state index contributed by atoms with van der Waals surface area (Å²) in [6.45, 7) is 0.0939. The van der Waals surface area contributed by atoms with Crippen LogP contribution in [0, 0.1) is 0 Å². The Labute approximate surface area is 117 Å². The average molecular weight is 275 g/mol. The molecule has 0 spiro atoms. The molecule has 0 radical (unpaired) electrons. The van der Waals surface area contributed by atoms with E-state index in [1.165, 1.54) is 12.7 Å². The van der Waals surface area contributed by atoms with Crippen molar-refractivity contribution in [2.45, 2.75) is 12.5 Å². The van der Waals surface area contributed by atoms with Gasteiger partial charge in [0.15, 0.2) is 0 Å². The standard InChI is InChI=1S/C15H17NO2S/c1-18-11-15(17)16-13(14-8-5-9-19-14)10-12-6-3-2-4-7-12/h2-9,13H,10-11H2,1H3,(H,16,17)/t13-/m1/s1. The lowest BCUT2D eigenvalue weighted by atomic mass is 10.0. The molecule has 1 heterocycles. The van der Waals surface area contributed by atoms with Crippen molar-refractivity contribution in [1.82, 2.24) is 5.32 Å².